The summed E-state index contributed by atoms with van der Waals surface area (Å²) in [6.45, 7) is -0.0435. The maximum Gasteiger partial charge on any atom is 0.270 e. The number of carbonyl (C=O) groups is 1. The van der Waals surface area contributed by atoms with Crippen LogP contribution >= 0.6 is 0 Å². The molecule has 1 heterocycles. The van der Waals surface area contributed by atoms with E-state index < -0.39 is 17.7 Å². The van der Waals surface area contributed by atoms with Gasteiger partial charge in [0.05, 0.1) is 7.11 Å². The first kappa shape index (κ1) is 14.6. The van der Waals surface area contributed by atoms with Crippen molar-refractivity contribution in [3.63, 3.8) is 0 Å². The molecule has 20 heavy (non-hydrogen) atoms. The van der Waals surface area contributed by atoms with Crippen molar-refractivity contribution in [3.8, 4) is 5.88 Å². The Bertz CT molecular complexity index is 482. The van der Waals surface area contributed by atoms with Gasteiger partial charge in [0.15, 0.2) is 0 Å². The molecule has 5 nitrogen and oxygen atoms in total. The van der Waals surface area contributed by atoms with Gasteiger partial charge in [-0.3, -0.25) is 4.79 Å². The van der Waals surface area contributed by atoms with Crippen molar-refractivity contribution in [2.24, 2.45) is 5.92 Å². The smallest absolute Gasteiger partial charge is 0.270 e. The second-order valence-electron chi connectivity index (χ2n) is 4.86. The quantitative estimate of drug-likeness (QED) is 0.919. The largest absolute Gasteiger partial charge is 0.481 e. The first-order valence-corrected chi connectivity index (χ1v) is 6.55. The molecule has 1 aliphatic carbocycles. The van der Waals surface area contributed by atoms with E-state index in [0.717, 1.165) is 6.42 Å². The van der Waals surface area contributed by atoms with Gasteiger partial charge in [-0.25, -0.2) is 18.7 Å². The molecule has 1 N–H and O–H groups in total. The lowest BCUT2D eigenvalue weighted by atomic mass is 9.85. The van der Waals surface area contributed by atoms with E-state index in [1.807, 2.05) is 0 Å². The molecule has 0 aliphatic heterocycles. The third-order valence-electron chi connectivity index (χ3n) is 3.50. The fourth-order valence-electron chi connectivity index (χ4n) is 2.30. The van der Waals surface area contributed by atoms with E-state index in [9.17, 15) is 13.6 Å². The zero-order chi connectivity index (χ0) is 14.6. The predicted molar refractivity (Wildman–Crippen MR) is 67.8 cm³/mol. The van der Waals surface area contributed by atoms with Gasteiger partial charge in [0.1, 0.15) is 12.0 Å². The van der Waals surface area contributed by atoms with E-state index in [1.165, 1.54) is 19.5 Å². The molecule has 0 radical (unpaired) electrons. The van der Waals surface area contributed by atoms with Gasteiger partial charge in [-0.1, -0.05) is 6.42 Å². The fraction of sp³-hybridized carbons (Fsp3) is 0.615. The van der Waals surface area contributed by atoms with Gasteiger partial charge in [0, 0.05) is 24.9 Å². The summed E-state index contributed by atoms with van der Waals surface area (Å²) >= 11 is 0. The summed E-state index contributed by atoms with van der Waals surface area (Å²) < 4.78 is 32.2. The molecule has 1 saturated carbocycles. The van der Waals surface area contributed by atoms with Gasteiger partial charge in [-0.2, -0.15) is 0 Å². The number of hydrogen-bond donors (Lipinski definition) is 1. The molecule has 1 fully saturated rings. The first-order chi connectivity index (χ1) is 9.53. The van der Waals surface area contributed by atoms with Gasteiger partial charge in [-0.15, -0.1) is 0 Å². The lowest BCUT2D eigenvalue weighted by molar-refractivity contribution is -0.0835. The minimum Gasteiger partial charge on any atom is -0.481 e. The topological polar surface area (TPSA) is 64.1 Å². The first-order valence-electron chi connectivity index (χ1n) is 6.55. The highest BCUT2D eigenvalue weighted by Crippen LogP contribution is 2.37. The number of amides is 1. The van der Waals surface area contributed by atoms with Crippen molar-refractivity contribution in [2.45, 2.75) is 31.6 Å². The van der Waals surface area contributed by atoms with Gasteiger partial charge < -0.3 is 10.1 Å². The van der Waals surface area contributed by atoms with E-state index >= 15 is 0 Å². The molecule has 7 heteroatoms. The molecule has 0 bridgehead atoms. The molecule has 110 valence electrons. The Morgan fingerprint density at radius 1 is 1.50 bits per heavy atom. The highest BCUT2D eigenvalue weighted by Gasteiger charge is 2.41. The van der Waals surface area contributed by atoms with Gasteiger partial charge in [-0.05, 0) is 12.8 Å². The zero-order valence-corrected chi connectivity index (χ0v) is 11.2. The van der Waals surface area contributed by atoms with Gasteiger partial charge in [0.25, 0.3) is 11.8 Å². The monoisotopic (exact) mass is 285 g/mol. The van der Waals surface area contributed by atoms with Crippen LogP contribution in [0.5, 0.6) is 5.88 Å². The molecule has 1 aromatic rings. The van der Waals surface area contributed by atoms with Crippen LogP contribution in [-0.4, -0.2) is 35.5 Å². The van der Waals surface area contributed by atoms with Gasteiger partial charge in [0.2, 0.25) is 5.88 Å². The van der Waals surface area contributed by atoms with Crippen LogP contribution in [0.2, 0.25) is 0 Å². The molecule has 1 atom stereocenters. The van der Waals surface area contributed by atoms with Crippen molar-refractivity contribution >= 4 is 5.91 Å². The Labute approximate surface area is 115 Å². The van der Waals surface area contributed by atoms with Crippen LogP contribution < -0.4 is 10.1 Å². The highest BCUT2D eigenvalue weighted by atomic mass is 19.3. The van der Waals surface area contributed by atoms with Crippen molar-refractivity contribution in [2.75, 3.05) is 13.7 Å². The minimum absolute atomic E-state index is 0.0435. The maximum absolute atomic E-state index is 13.6. The average Bonchev–Trinajstić information content (AvgIpc) is 2.45. The molecule has 0 spiro atoms. The van der Waals surface area contributed by atoms with E-state index in [0.29, 0.717) is 12.8 Å². The van der Waals surface area contributed by atoms with Gasteiger partial charge >= 0.3 is 0 Å². The number of aromatic nitrogens is 2. The lowest BCUT2D eigenvalue weighted by Gasteiger charge is -2.31. The maximum atomic E-state index is 13.6. The van der Waals surface area contributed by atoms with Crippen molar-refractivity contribution in [3.05, 3.63) is 18.1 Å². The van der Waals surface area contributed by atoms with Crippen molar-refractivity contribution < 1.29 is 18.3 Å². The molecule has 1 aliphatic rings. The van der Waals surface area contributed by atoms with Crippen molar-refractivity contribution in [1.82, 2.24) is 15.3 Å². The van der Waals surface area contributed by atoms with E-state index in [4.69, 9.17) is 4.74 Å². The molecular weight excluding hydrogens is 268 g/mol. The molecule has 0 aromatic carbocycles. The van der Waals surface area contributed by atoms with Crippen LogP contribution in [0.15, 0.2) is 12.4 Å². The summed E-state index contributed by atoms with van der Waals surface area (Å²) in [4.78, 5) is 19.4. The number of halogens is 2. The molecular formula is C13H17F2N3O2. The normalized spacial score (nSPS) is 21.2. The van der Waals surface area contributed by atoms with Crippen LogP contribution in [-0.2, 0) is 0 Å². The Kier molecular flexibility index (Phi) is 4.46. The Morgan fingerprint density at radius 2 is 2.30 bits per heavy atom. The second-order valence-corrected chi connectivity index (χ2v) is 4.86. The number of rotatable bonds is 4. The molecule has 1 amide bonds. The third-order valence-corrected chi connectivity index (χ3v) is 3.50. The summed E-state index contributed by atoms with van der Waals surface area (Å²) in [6.07, 6.45) is 2.84. The number of hydrogen-bond acceptors (Lipinski definition) is 4. The minimum atomic E-state index is -2.70. The molecule has 0 saturated heterocycles. The van der Waals surface area contributed by atoms with Crippen molar-refractivity contribution in [1.29, 1.82) is 0 Å². The lowest BCUT2D eigenvalue weighted by Crippen LogP contribution is -2.40. The highest BCUT2D eigenvalue weighted by molar-refractivity contribution is 5.92. The average molecular weight is 285 g/mol. The number of alkyl halides is 2. The van der Waals surface area contributed by atoms with Crippen LogP contribution in [0.4, 0.5) is 8.78 Å². The number of ether oxygens (including phenoxy) is 1. The summed E-state index contributed by atoms with van der Waals surface area (Å²) in [5.74, 6) is -3.74. The summed E-state index contributed by atoms with van der Waals surface area (Å²) in [5, 5.41) is 2.51. The van der Waals surface area contributed by atoms with Crippen LogP contribution in [0.1, 0.15) is 36.2 Å². The SMILES string of the molecule is COc1cc(C(=O)NCC2CCCCC2(F)F)ncn1. The summed E-state index contributed by atoms with van der Waals surface area (Å²) in [7, 11) is 1.42. The second kappa shape index (κ2) is 6.11. The Morgan fingerprint density at radius 3 is 3.00 bits per heavy atom. The van der Waals surface area contributed by atoms with E-state index in [-0.39, 0.29) is 24.5 Å². The predicted octanol–water partition coefficient (Wildman–Crippen LogP) is 2.04. The number of carbonyl (C=O) groups excluding carboxylic acids is 1. The number of nitrogens with one attached hydrogen (secondary N) is 1. The van der Waals surface area contributed by atoms with Crippen LogP contribution in [0.3, 0.4) is 0 Å². The molecule has 2 rings (SSSR count). The zero-order valence-electron chi connectivity index (χ0n) is 11.2. The number of nitrogens with zero attached hydrogens (tertiary/aromatic N) is 2. The molecule has 1 aromatic heterocycles. The van der Waals surface area contributed by atoms with E-state index in [1.54, 1.807) is 0 Å². The standard InChI is InChI=1S/C13H17F2N3O2/c1-20-11-6-10(17-8-18-11)12(19)16-7-9-4-2-3-5-13(9,14)15/h6,8-9H,2-5,7H2,1H3,(H,16,19). The van der Waals surface area contributed by atoms with E-state index in [2.05, 4.69) is 15.3 Å². The summed E-state index contributed by atoms with van der Waals surface area (Å²) in [5.41, 5.74) is 0.107. The number of methoxy groups -OCH3 is 1. The third kappa shape index (κ3) is 3.40. The van der Waals surface area contributed by atoms with Crippen LogP contribution in [0.25, 0.3) is 0 Å². The molecule has 1 unspecified atom stereocenters. The Balaban J connectivity index is 1.94. The fourth-order valence-corrected chi connectivity index (χ4v) is 2.30. The summed E-state index contributed by atoms with van der Waals surface area (Å²) in [6, 6.07) is 1.37. The Hall–Kier alpha value is -1.79. The van der Waals surface area contributed by atoms with Crippen LogP contribution in [0, 0.1) is 5.92 Å².